The van der Waals surface area contributed by atoms with Gasteiger partial charge in [-0.15, -0.1) is 0 Å². The monoisotopic (exact) mass is 360 g/mol. The maximum Gasteiger partial charge on any atom is 0.326 e. The largest absolute Gasteiger partial charge is 0.480 e. The summed E-state index contributed by atoms with van der Waals surface area (Å²) in [7, 11) is 0. The van der Waals surface area contributed by atoms with Crippen LogP contribution in [0.1, 0.15) is 11.1 Å². The van der Waals surface area contributed by atoms with Gasteiger partial charge < -0.3 is 21.3 Å². The van der Waals surface area contributed by atoms with E-state index in [2.05, 4.69) is 5.32 Å². The summed E-state index contributed by atoms with van der Waals surface area (Å²) >= 11 is 0. The van der Waals surface area contributed by atoms with Crippen molar-refractivity contribution in [3.63, 3.8) is 0 Å². The molecule has 0 heterocycles. The number of aliphatic carboxylic acids is 1. The number of hydrogen-bond acceptors (Lipinski definition) is 4. The van der Waals surface area contributed by atoms with E-state index in [9.17, 15) is 24.2 Å². The minimum absolute atomic E-state index is 0.0397. The molecule has 0 fully saturated rings. The summed E-state index contributed by atoms with van der Waals surface area (Å²) in [5.41, 5.74) is 7.27. The van der Waals surface area contributed by atoms with E-state index in [4.69, 9.17) is 5.73 Å². The Hall–Kier alpha value is -2.77. The third-order valence-electron chi connectivity index (χ3n) is 3.96. The lowest BCUT2D eigenvalue weighted by Crippen LogP contribution is -2.52. The summed E-state index contributed by atoms with van der Waals surface area (Å²) in [5.74, 6) is -2.55. The fourth-order valence-corrected chi connectivity index (χ4v) is 2.51. The normalized spacial score (nSPS) is 14.3. The molecule has 2 rings (SSSR count). The van der Waals surface area contributed by atoms with Gasteiger partial charge in [-0.25, -0.2) is 9.18 Å². The SMILES string of the molecule is N[C@H](Cc1ccccc1)[C@H](O)C(=O)N[C@@H](Cc1ccc(F)cc1)C(=O)O. The van der Waals surface area contributed by atoms with Gasteiger partial charge in [0.25, 0.3) is 5.91 Å². The van der Waals surface area contributed by atoms with E-state index in [1.165, 1.54) is 24.3 Å². The van der Waals surface area contributed by atoms with Crippen LogP contribution in [0.3, 0.4) is 0 Å². The summed E-state index contributed by atoms with van der Waals surface area (Å²) in [6.07, 6.45) is -1.32. The second-order valence-corrected chi connectivity index (χ2v) is 6.03. The Morgan fingerprint density at radius 1 is 1.00 bits per heavy atom. The van der Waals surface area contributed by atoms with Crippen LogP contribution in [0.25, 0.3) is 0 Å². The molecule has 0 aliphatic carbocycles. The molecule has 0 bridgehead atoms. The number of benzene rings is 2. The average molecular weight is 360 g/mol. The van der Waals surface area contributed by atoms with Gasteiger partial charge in [0.2, 0.25) is 0 Å². The van der Waals surface area contributed by atoms with E-state index in [1.807, 2.05) is 30.3 Å². The quantitative estimate of drug-likeness (QED) is 0.558. The van der Waals surface area contributed by atoms with E-state index in [0.717, 1.165) is 5.56 Å². The highest BCUT2D eigenvalue weighted by molar-refractivity contribution is 5.86. The van der Waals surface area contributed by atoms with Crippen LogP contribution in [-0.4, -0.2) is 40.3 Å². The minimum Gasteiger partial charge on any atom is -0.480 e. The van der Waals surface area contributed by atoms with Crippen molar-refractivity contribution in [2.45, 2.75) is 31.0 Å². The molecule has 0 unspecified atom stereocenters. The molecule has 7 heteroatoms. The predicted octanol–water partition coefficient (Wildman–Crippen LogP) is 0.868. The minimum atomic E-state index is -1.55. The first kappa shape index (κ1) is 19.6. The molecule has 2 aromatic rings. The molecule has 26 heavy (non-hydrogen) atoms. The Labute approximate surface area is 150 Å². The number of aliphatic hydroxyl groups excluding tert-OH is 1. The predicted molar refractivity (Wildman–Crippen MR) is 93.8 cm³/mol. The molecule has 0 aliphatic heterocycles. The fourth-order valence-electron chi connectivity index (χ4n) is 2.51. The lowest BCUT2D eigenvalue weighted by atomic mass is 10.0. The standard InChI is InChI=1S/C19H21FN2O4/c20-14-8-6-13(7-9-14)11-16(19(25)26)22-18(24)17(23)15(21)10-12-4-2-1-3-5-12/h1-9,15-17,23H,10-11,21H2,(H,22,24)(H,25,26)/t15-,16+,17+/m1/s1. The van der Waals surface area contributed by atoms with Gasteiger partial charge in [-0.2, -0.15) is 0 Å². The van der Waals surface area contributed by atoms with Crippen LogP contribution in [-0.2, 0) is 22.4 Å². The molecule has 0 saturated carbocycles. The Morgan fingerprint density at radius 2 is 1.58 bits per heavy atom. The number of carboxylic acids is 1. The molecular weight excluding hydrogens is 339 g/mol. The molecule has 1 amide bonds. The molecule has 0 spiro atoms. The number of carbonyl (C=O) groups is 2. The van der Waals surface area contributed by atoms with Crippen molar-refractivity contribution in [2.75, 3.05) is 0 Å². The Kier molecular flexibility index (Phi) is 6.82. The number of carboxylic acid groups (broad SMARTS) is 1. The van der Waals surface area contributed by atoms with Gasteiger partial charge in [-0.05, 0) is 29.7 Å². The Balaban J connectivity index is 1.97. The molecule has 6 nitrogen and oxygen atoms in total. The molecule has 0 saturated heterocycles. The van der Waals surface area contributed by atoms with E-state index in [1.54, 1.807) is 0 Å². The first-order valence-corrected chi connectivity index (χ1v) is 8.12. The van der Waals surface area contributed by atoms with Crippen LogP contribution in [0, 0.1) is 5.82 Å². The number of halogens is 1. The Bertz CT molecular complexity index is 737. The van der Waals surface area contributed by atoms with Crippen LogP contribution < -0.4 is 11.1 Å². The molecule has 5 N–H and O–H groups in total. The maximum atomic E-state index is 12.9. The number of amides is 1. The van der Waals surface area contributed by atoms with Crippen LogP contribution in [0.4, 0.5) is 4.39 Å². The number of aliphatic hydroxyl groups is 1. The molecule has 3 atom stereocenters. The van der Waals surface area contributed by atoms with Crippen LogP contribution in [0.15, 0.2) is 54.6 Å². The van der Waals surface area contributed by atoms with Crippen LogP contribution >= 0.6 is 0 Å². The summed E-state index contributed by atoms with van der Waals surface area (Å²) in [5, 5.41) is 21.7. The number of hydrogen-bond donors (Lipinski definition) is 4. The zero-order valence-corrected chi connectivity index (χ0v) is 14.0. The second kappa shape index (κ2) is 9.07. The zero-order chi connectivity index (χ0) is 19.1. The van der Waals surface area contributed by atoms with E-state index < -0.39 is 35.9 Å². The fraction of sp³-hybridized carbons (Fsp3) is 0.263. The third-order valence-corrected chi connectivity index (χ3v) is 3.96. The first-order valence-electron chi connectivity index (χ1n) is 8.12. The lowest BCUT2D eigenvalue weighted by molar-refractivity contribution is -0.143. The average Bonchev–Trinajstić information content (AvgIpc) is 2.62. The van der Waals surface area contributed by atoms with Crippen molar-refractivity contribution in [3.8, 4) is 0 Å². The zero-order valence-electron chi connectivity index (χ0n) is 14.0. The van der Waals surface area contributed by atoms with E-state index in [0.29, 0.717) is 5.56 Å². The summed E-state index contributed by atoms with van der Waals surface area (Å²) < 4.78 is 12.9. The third kappa shape index (κ3) is 5.65. The van der Waals surface area contributed by atoms with Gasteiger partial charge in [0.05, 0.1) is 0 Å². The smallest absolute Gasteiger partial charge is 0.326 e. The lowest BCUT2D eigenvalue weighted by Gasteiger charge is -2.21. The van der Waals surface area contributed by atoms with Crippen molar-refractivity contribution < 1.29 is 24.2 Å². The van der Waals surface area contributed by atoms with E-state index >= 15 is 0 Å². The van der Waals surface area contributed by atoms with Crippen molar-refractivity contribution in [2.24, 2.45) is 5.73 Å². The highest BCUT2D eigenvalue weighted by Gasteiger charge is 2.28. The van der Waals surface area contributed by atoms with Gasteiger partial charge in [-0.1, -0.05) is 42.5 Å². The first-order chi connectivity index (χ1) is 12.4. The number of rotatable bonds is 8. The number of nitrogens with one attached hydrogen (secondary N) is 1. The van der Waals surface area contributed by atoms with E-state index in [-0.39, 0.29) is 12.8 Å². The molecular formula is C19H21FN2O4. The van der Waals surface area contributed by atoms with Gasteiger partial charge in [-0.3, -0.25) is 4.79 Å². The number of nitrogens with two attached hydrogens (primary N) is 1. The van der Waals surface area contributed by atoms with Gasteiger partial charge in [0.15, 0.2) is 0 Å². The molecule has 0 aliphatic rings. The topological polar surface area (TPSA) is 113 Å². The van der Waals surface area contributed by atoms with Crippen LogP contribution in [0.5, 0.6) is 0 Å². The Morgan fingerprint density at radius 3 is 2.15 bits per heavy atom. The summed E-state index contributed by atoms with van der Waals surface area (Å²) in [6.45, 7) is 0. The summed E-state index contributed by atoms with van der Waals surface area (Å²) in [4.78, 5) is 23.6. The molecule has 2 aromatic carbocycles. The van der Waals surface area contributed by atoms with Crippen molar-refractivity contribution >= 4 is 11.9 Å². The number of carbonyl (C=O) groups excluding carboxylic acids is 1. The second-order valence-electron chi connectivity index (χ2n) is 6.03. The summed E-state index contributed by atoms with van der Waals surface area (Å²) in [6, 6.07) is 12.3. The van der Waals surface area contributed by atoms with Crippen molar-refractivity contribution in [1.82, 2.24) is 5.32 Å². The molecule has 138 valence electrons. The highest BCUT2D eigenvalue weighted by Crippen LogP contribution is 2.08. The van der Waals surface area contributed by atoms with Gasteiger partial charge in [0.1, 0.15) is 18.0 Å². The van der Waals surface area contributed by atoms with Crippen molar-refractivity contribution in [1.29, 1.82) is 0 Å². The van der Waals surface area contributed by atoms with Crippen molar-refractivity contribution in [3.05, 3.63) is 71.5 Å². The van der Waals surface area contributed by atoms with Gasteiger partial charge in [0, 0.05) is 12.5 Å². The maximum absolute atomic E-state index is 12.9. The van der Waals surface area contributed by atoms with Crippen LogP contribution in [0.2, 0.25) is 0 Å². The molecule has 0 radical (unpaired) electrons. The highest BCUT2D eigenvalue weighted by atomic mass is 19.1. The molecule has 0 aromatic heterocycles. The van der Waals surface area contributed by atoms with Gasteiger partial charge >= 0.3 is 5.97 Å².